The molecule has 31 heavy (non-hydrogen) atoms. The zero-order valence-electron chi connectivity index (χ0n) is 16.8. The maximum absolute atomic E-state index is 13.3. The lowest BCUT2D eigenvalue weighted by Gasteiger charge is -2.22. The lowest BCUT2D eigenvalue weighted by Crippen LogP contribution is -2.35. The Labute approximate surface area is 177 Å². The summed E-state index contributed by atoms with van der Waals surface area (Å²) in [5, 5.41) is 6.53. The lowest BCUT2D eigenvalue weighted by molar-refractivity contribution is 0.0772. The molecule has 5 heterocycles. The normalized spacial score (nSPS) is 18.6. The van der Waals surface area contributed by atoms with Crippen LogP contribution in [0.25, 0.3) is 27.9 Å². The molecule has 9 heteroatoms. The van der Waals surface area contributed by atoms with Crippen LogP contribution in [-0.2, 0) is 0 Å². The van der Waals surface area contributed by atoms with E-state index in [1.54, 1.807) is 6.20 Å². The summed E-state index contributed by atoms with van der Waals surface area (Å²) in [6.07, 6.45) is 7.46. The number of imidazole rings is 1. The van der Waals surface area contributed by atoms with Gasteiger partial charge in [-0.2, -0.15) is 10.1 Å². The van der Waals surface area contributed by atoms with Crippen molar-refractivity contribution < 1.29 is 9.21 Å². The number of aromatic nitrogens is 3. The highest BCUT2D eigenvalue weighted by Gasteiger charge is 2.32. The van der Waals surface area contributed by atoms with Crippen molar-refractivity contribution in [3.8, 4) is 11.1 Å². The number of amides is 1. The largest absolute Gasteiger partial charge is 0.424 e. The monoisotopic (exact) mass is 415 g/mol. The van der Waals surface area contributed by atoms with Gasteiger partial charge in [-0.3, -0.25) is 14.2 Å². The standard InChI is InChI=1S/C22H21N7O2/c23-22-26-17-10-14(2-4-19(17)31-22)15-3-5-20-24-11-18(28(20)12-15)21(30)27-9-6-16(13-27)29-8-1-7-25-29/h2-5,7,10-12,16H,1,6,8-9,13H2,(H2,23,26)/t16-/m1/s1. The summed E-state index contributed by atoms with van der Waals surface area (Å²) in [6, 6.07) is 10.1. The van der Waals surface area contributed by atoms with Crippen molar-refractivity contribution >= 4 is 34.9 Å². The summed E-state index contributed by atoms with van der Waals surface area (Å²) in [7, 11) is 0. The Kier molecular flexibility index (Phi) is 3.95. The van der Waals surface area contributed by atoms with Crippen LogP contribution in [-0.4, -0.2) is 62.1 Å². The summed E-state index contributed by atoms with van der Waals surface area (Å²) in [4.78, 5) is 23.8. The van der Waals surface area contributed by atoms with Gasteiger partial charge in [0.05, 0.1) is 12.2 Å². The molecule has 1 saturated heterocycles. The van der Waals surface area contributed by atoms with E-state index < -0.39 is 0 Å². The highest BCUT2D eigenvalue weighted by molar-refractivity contribution is 5.94. The number of nitrogen functional groups attached to an aromatic ring is 1. The number of nitrogens with two attached hydrogens (primary N) is 1. The molecule has 0 saturated carbocycles. The van der Waals surface area contributed by atoms with Crippen LogP contribution < -0.4 is 5.73 Å². The highest BCUT2D eigenvalue weighted by Crippen LogP contribution is 2.27. The van der Waals surface area contributed by atoms with Crippen LogP contribution in [0.5, 0.6) is 0 Å². The number of hydrazone groups is 1. The molecule has 1 aromatic carbocycles. The van der Waals surface area contributed by atoms with Gasteiger partial charge in [-0.1, -0.05) is 6.07 Å². The van der Waals surface area contributed by atoms with Crippen molar-refractivity contribution in [2.75, 3.05) is 25.4 Å². The molecule has 1 amide bonds. The first-order valence-corrected chi connectivity index (χ1v) is 10.4. The third kappa shape index (κ3) is 3.00. The molecule has 0 aliphatic carbocycles. The van der Waals surface area contributed by atoms with Crippen LogP contribution in [0.4, 0.5) is 6.01 Å². The van der Waals surface area contributed by atoms with Crippen LogP contribution >= 0.6 is 0 Å². The Balaban J connectivity index is 1.31. The Hall–Kier alpha value is -3.88. The predicted octanol–water partition coefficient (Wildman–Crippen LogP) is 2.63. The first kappa shape index (κ1) is 17.9. The second-order valence-electron chi connectivity index (χ2n) is 7.97. The van der Waals surface area contributed by atoms with Gasteiger partial charge in [0.1, 0.15) is 16.9 Å². The van der Waals surface area contributed by atoms with Gasteiger partial charge in [0, 0.05) is 38.5 Å². The van der Waals surface area contributed by atoms with E-state index in [1.807, 2.05) is 52.0 Å². The van der Waals surface area contributed by atoms with Crippen LogP contribution in [0.2, 0.25) is 0 Å². The number of benzene rings is 1. The Bertz CT molecular complexity index is 1340. The number of carbonyl (C=O) groups is 1. The van der Waals surface area contributed by atoms with Gasteiger partial charge in [0.2, 0.25) is 0 Å². The molecule has 156 valence electrons. The first-order valence-electron chi connectivity index (χ1n) is 10.4. The average molecular weight is 415 g/mol. The van der Waals surface area contributed by atoms with Gasteiger partial charge in [-0.25, -0.2) is 4.98 Å². The molecule has 0 spiro atoms. The number of fused-ring (bicyclic) bond motifs is 2. The van der Waals surface area contributed by atoms with Crippen LogP contribution in [0.15, 0.2) is 52.2 Å². The van der Waals surface area contributed by atoms with Gasteiger partial charge in [0.15, 0.2) is 5.58 Å². The quantitative estimate of drug-likeness (QED) is 0.551. The van der Waals surface area contributed by atoms with Crippen molar-refractivity contribution in [1.29, 1.82) is 0 Å². The van der Waals surface area contributed by atoms with Gasteiger partial charge in [-0.15, -0.1) is 0 Å². The molecule has 6 rings (SSSR count). The van der Waals surface area contributed by atoms with E-state index in [2.05, 4.69) is 20.1 Å². The van der Waals surface area contributed by atoms with E-state index in [0.717, 1.165) is 42.7 Å². The van der Waals surface area contributed by atoms with E-state index in [1.165, 1.54) is 0 Å². The van der Waals surface area contributed by atoms with Crippen LogP contribution in [0, 0.1) is 0 Å². The molecule has 3 aromatic heterocycles. The molecule has 9 nitrogen and oxygen atoms in total. The fraction of sp³-hybridized carbons (Fsp3) is 0.273. The van der Waals surface area contributed by atoms with Gasteiger partial charge >= 0.3 is 0 Å². The van der Waals surface area contributed by atoms with E-state index in [4.69, 9.17) is 10.2 Å². The molecule has 0 unspecified atom stereocenters. The van der Waals surface area contributed by atoms with Gasteiger partial charge in [-0.05, 0) is 41.8 Å². The molecule has 0 bridgehead atoms. The van der Waals surface area contributed by atoms with Crippen molar-refractivity contribution in [2.45, 2.75) is 18.9 Å². The van der Waals surface area contributed by atoms with E-state index in [0.29, 0.717) is 29.4 Å². The summed E-state index contributed by atoms with van der Waals surface area (Å²) in [5.74, 6) is -0.00458. The number of nitrogens with zero attached hydrogens (tertiary/aromatic N) is 6. The Morgan fingerprint density at radius 2 is 2.06 bits per heavy atom. The number of hydrogen-bond acceptors (Lipinski definition) is 7. The molecular weight excluding hydrogens is 394 g/mol. The summed E-state index contributed by atoms with van der Waals surface area (Å²) in [6.45, 7) is 2.35. The third-order valence-electron chi connectivity index (χ3n) is 6.05. The molecular formula is C22H21N7O2. The van der Waals surface area contributed by atoms with E-state index >= 15 is 0 Å². The second-order valence-corrected chi connectivity index (χ2v) is 7.97. The van der Waals surface area contributed by atoms with Crippen LogP contribution in [0.1, 0.15) is 23.3 Å². The summed E-state index contributed by atoms with van der Waals surface area (Å²) >= 11 is 0. The van der Waals surface area contributed by atoms with Crippen molar-refractivity contribution in [2.24, 2.45) is 5.10 Å². The topological polar surface area (TPSA) is 105 Å². The summed E-state index contributed by atoms with van der Waals surface area (Å²) in [5.41, 5.74) is 10.2. The zero-order valence-corrected chi connectivity index (χ0v) is 16.8. The number of oxazole rings is 1. The minimum Gasteiger partial charge on any atom is -0.424 e. The maximum Gasteiger partial charge on any atom is 0.292 e. The fourth-order valence-corrected chi connectivity index (χ4v) is 4.45. The van der Waals surface area contributed by atoms with Crippen molar-refractivity contribution in [3.63, 3.8) is 0 Å². The number of pyridine rings is 1. The number of likely N-dealkylation sites (tertiary alicyclic amines) is 1. The fourth-order valence-electron chi connectivity index (χ4n) is 4.45. The minimum atomic E-state index is -0.00458. The molecule has 1 fully saturated rings. The van der Waals surface area contributed by atoms with Crippen molar-refractivity contribution in [3.05, 3.63) is 48.4 Å². The zero-order chi connectivity index (χ0) is 20.9. The molecule has 2 aliphatic heterocycles. The van der Waals surface area contributed by atoms with E-state index in [9.17, 15) is 4.79 Å². The number of rotatable bonds is 3. The highest BCUT2D eigenvalue weighted by atomic mass is 16.4. The number of carbonyl (C=O) groups excluding carboxylic acids is 1. The number of anilines is 1. The maximum atomic E-state index is 13.3. The SMILES string of the molecule is Nc1nc2cc(-c3ccc4ncc(C(=O)N5CC[C@@H](N6CCC=N6)C5)n4c3)ccc2o1. The van der Waals surface area contributed by atoms with Gasteiger partial charge in [0.25, 0.3) is 11.9 Å². The second kappa shape index (κ2) is 6.83. The average Bonchev–Trinajstić information content (AvgIpc) is 3.57. The Morgan fingerprint density at radius 3 is 2.94 bits per heavy atom. The molecule has 0 radical (unpaired) electrons. The third-order valence-corrected chi connectivity index (χ3v) is 6.05. The lowest BCUT2D eigenvalue weighted by atomic mass is 10.1. The first-order chi connectivity index (χ1) is 15.2. The smallest absolute Gasteiger partial charge is 0.292 e. The summed E-state index contributed by atoms with van der Waals surface area (Å²) < 4.78 is 7.22. The molecule has 4 aromatic rings. The molecule has 1 atom stereocenters. The predicted molar refractivity (Wildman–Crippen MR) is 117 cm³/mol. The number of hydrogen-bond donors (Lipinski definition) is 1. The Morgan fingerprint density at radius 1 is 1.16 bits per heavy atom. The van der Waals surface area contributed by atoms with Crippen molar-refractivity contribution in [1.82, 2.24) is 24.3 Å². The molecule has 2 N–H and O–H groups in total. The van der Waals surface area contributed by atoms with E-state index in [-0.39, 0.29) is 11.9 Å². The minimum absolute atomic E-state index is 0.00458. The van der Waals surface area contributed by atoms with Crippen LogP contribution in [0.3, 0.4) is 0 Å². The molecule has 2 aliphatic rings. The van der Waals surface area contributed by atoms with Gasteiger partial charge < -0.3 is 15.1 Å².